The molecule has 0 aliphatic carbocycles. The van der Waals surface area contributed by atoms with Gasteiger partial charge in [-0.25, -0.2) is 0 Å². The van der Waals surface area contributed by atoms with Crippen LogP contribution in [-0.2, 0) is 0 Å². The van der Waals surface area contributed by atoms with Crippen molar-refractivity contribution in [2.24, 2.45) is 5.11 Å². The molecular weight excluding hydrogens is 210 g/mol. The van der Waals surface area contributed by atoms with Gasteiger partial charge in [0.05, 0.1) is 4.47 Å². The van der Waals surface area contributed by atoms with Crippen molar-refractivity contribution in [2.75, 3.05) is 0 Å². The molecule has 0 unspecified atom stereocenters. The number of aromatic hydroxyl groups is 1. The van der Waals surface area contributed by atoms with Crippen molar-refractivity contribution >= 4 is 21.6 Å². The Hall–Kier alpha value is -1.19. The maximum Gasteiger partial charge on any atom is 0.129 e. The van der Waals surface area contributed by atoms with E-state index < -0.39 is 0 Å². The third-order valence-electron chi connectivity index (χ3n) is 1.09. The van der Waals surface area contributed by atoms with Crippen LogP contribution in [0.2, 0.25) is 0 Å². The number of rotatable bonds is 1. The molecule has 1 N–H and O–H groups in total. The molecule has 0 atom stereocenters. The predicted molar refractivity (Wildman–Crippen MR) is 44.6 cm³/mol. The molecule has 5 heteroatoms. The lowest BCUT2D eigenvalue weighted by Crippen LogP contribution is -1.66. The maximum atomic E-state index is 9.03. The van der Waals surface area contributed by atoms with Gasteiger partial charge < -0.3 is 5.11 Å². The van der Waals surface area contributed by atoms with Gasteiger partial charge in [0, 0.05) is 10.6 Å². The number of phenols is 1. The van der Waals surface area contributed by atoms with Gasteiger partial charge in [-0.1, -0.05) is 5.11 Å². The van der Waals surface area contributed by atoms with E-state index in [0.717, 1.165) is 0 Å². The molecule has 0 bridgehead atoms. The summed E-state index contributed by atoms with van der Waals surface area (Å²) in [5, 5.41) is 12.4. The van der Waals surface area contributed by atoms with E-state index in [0.29, 0.717) is 10.2 Å². The van der Waals surface area contributed by atoms with Gasteiger partial charge in [-0.15, -0.1) is 0 Å². The molecular formula is C6H4BrN3O. The second-order valence-electron chi connectivity index (χ2n) is 1.83. The number of hydrogen-bond acceptors (Lipinski definition) is 2. The largest absolute Gasteiger partial charge is 0.507 e. The molecule has 0 aliphatic heterocycles. The SMILES string of the molecule is [N-]=[N+]=Nc1ccc(O)c(Br)c1. The van der Waals surface area contributed by atoms with Crippen molar-refractivity contribution < 1.29 is 5.11 Å². The second kappa shape index (κ2) is 3.27. The average molecular weight is 214 g/mol. The van der Waals surface area contributed by atoms with Crippen molar-refractivity contribution in [3.8, 4) is 5.75 Å². The highest BCUT2D eigenvalue weighted by Crippen LogP contribution is 2.27. The molecule has 1 aromatic carbocycles. The van der Waals surface area contributed by atoms with E-state index in [9.17, 15) is 0 Å². The number of phenolic OH excluding ortho intramolecular Hbond substituents is 1. The van der Waals surface area contributed by atoms with Crippen LogP contribution in [0.1, 0.15) is 0 Å². The Morgan fingerprint density at radius 2 is 2.27 bits per heavy atom. The number of nitrogens with zero attached hydrogens (tertiary/aromatic N) is 3. The first-order valence-electron chi connectivity index (χ1n) is 2.77. The van der Waals surface area contributed by atoms with Crippen LogP contribution in [0.5, 0.6) is 5.75 Å². The number of benzene rings is 1. The molecule has 4 nitrogen and oxygen atoms in total. The van der Waals surface area contributed by atoms with Gasteiger partial charge >= 0.3 is 0 Å². The van der Waals surface area contributed by atoms with Crippen molar-refractivity contribution in [1.82, 2.24) is 0 Å². The fourth-order valence-corrected chi connectivity index (χ4v) is 0.976. The van der Waals surface area contributed by atoms with E-state index in [1.54, 1.807) is 0 Å². The fraction of sp³-hybridized carbons (Fsp3) is 0. The summed E-state index contributed by atoms with van der Waals surface area (Å²) in [5.41, 5.74) is 8.53. The third kappa shape index (κ3) is 1.86. The molecule has 1 rings (SSSR count). The van der Waals surface area contributed by atoms with Crippen LogP contribution in [0.25, 0.3) is 10.4 Å². The van der Waals surface area contributed by atoms with E-state index in [-0.39, 0.29) is 5.75 Å². The van der Waals surface area contributed by atoms with Crippen LogP contribution in [0.3, 0.4) is 0 Å². The Bertz CT molecular complexity index is 320. The monoisotopic (exact) mass is 213 g/mol. The minimum atomic E-state index is 0.127. The predicted octanol–water partition coefficient (Wildman–Crippen LogP) is 3.10. The Kier molecular flexibility index (Phi) is 2.36. The first-order valence-corrected chi connectivity index (χ1v) is 3.57. The van der Waals surface area contributed by atoms with Gasteiger partial charge in [0.15, 0.2) is 0 Å². The Balaban J connectivity index is 3.14. The lowest BCUT2D eigenvalue weighted by molar-refractivity contribution is 0.472. The quantitative estimate of drug-likeness (QED) is 0.435. The average Bonchev–Trinajstić information content (AvgIpc) is 1.98. The van der Waals surface area contributed by atoms with E-state index in [1.807, 2.05) is 0 Å². The number of hydrogen-bond donors (Lipinski definition) is 1. The molecule has 1 aromatic rings. The van der Waals surface area contributed by atoms with Gasteiger partial charge in [0.2, 0.25) is 0 Å². The minimum absolute atomic E-state index is 0.127. The van der Waals surface area contributed by atoms with Crippen molar-refractivity contribution in [1.29, 1.82) is 0 Å². The minimum Gasteiger partial charge on any atom is -0.507 e. The summed E-state index contributed by atoms with van der Waals surface area (Å²) in [6.07, 6.45) is 0. The molecule has 0 aromatic heterocycles. The standard InChI is InChI=1S/C6H4BrN3O/c7-5-3-4(9-10-8)1-2-6(5)11/h1-3,11H. The highest BCUT2D eigenvalue weighted by molar-refractivity contribution is 9.10. The summed E-state index contributed by atoms with van der Waals surface area (Å²) in [5.74, 6) is 0.127. The summed E-state index contributed by atoms with van der Waals surface area (Å²) in [4.78, 5) is 2.60. The van der Waals surface area contributed by atoms with E-state index in [1.165, 1.54) is 18.2 Å². The summed E-state index contributed by atoms with van der Waals surface area (Å²) in [6, 6.07) is 4.52. The lowest BCUT2D eigenvalue weighted by atomic mass is 10.3. The topological polar surface area (TPSA) is 69.0 Å². The van der Waals surface area contributed by atoms with Crippen LogP contribution in [-0.4, -0.2) is 5.11 Å². The molecule has 0 fully saturated rings. The summed E-state index contributed by atoms with van der Waals surface area (Å²) < 4.78 is 0.516. The van der Waals surface area contributed by atoms with Crippen LogP contribution in [0.15, 0.2) is 27.8 Å². The van der Waals surface area contributed by atoms with Gasteiger partial charge in [0.25, 0.3) is 0 Å². The van der Waals surface area contributed by atoms with Crippen molar-refractivity contribution in [2.45, 2.75) is 0 Å². The Labute approximate surface area is 71.2 Å². The van der Waals surface area contributed by atoms with Crippen LogP contribution < -0.4 is 0 Å². The molecule has 0 radical (unpaired) electrons. The van der Waals surface area contributed by atoms with Gasteiger partial charge in [-0.2, -0.15) is 0 Å². The molecule has 0 saturated heterocycles. The third-order valence-corrected chi connectivity index (χ3v) is 1.73. The highest BCUT2D eigenvalue weighted by atomic mass is 79.9. The van der Waals surface area contributed by atoms with Gasteiger partial charge in [-0.3, -0.25) is 0 Å². The molecule has 56 valence electrons. The lowest BCUT2D eigenvalue weighted by Gasteiger charge is -1.95. The van der Waals surface area contributed by atoms with Crippen LogP contribution in [0.4, 0.5) is 5.69 Å². The number of halogens is 1. The molecule has 0 aliphatic rings. The summed E-state index contributed by atoms with van der Waals surface area (Å²) in [6.45, 7) is 0. The van der Waals surface area contributed by atoms with Crippen molar-refractivity contribution in [3.63, 3.8) is 0 Å². The second-order valence-corrected chi connectivity index (χ2v) is 2.68. The van der Waals surface area contributed by atoms with Gasteiger partial charge in [-0.05, 0) is 39.7 Å². The van der Waals surface area contributed by atoms with Crippen LogP contribution in [0, 0.1) is 0 Å². The normalized spacial score (nSPS) is 8.82. The maximum absolute atomic E-state index is 9.03. The van der Waals surface area contributed by atoms with Gasteiger partial charge in [0.1, 0.15) is 5.75 Å². The molecule has 0 spiro atoms. The van der Waals surface area contributed by atoms with E-state index >= 15 is 0 Å². The molecule has 0 saturated carbocycles. The molecule has 0 heterocycles. The molecule has 11 heavy (non-hydrogen) atoms. The highest BCUT2D eigenvalue weighted by Gasteiger charge is 1.96. The fourth-order valence-electron chi connectivity index (χ4n) is 0.610. The molecule has 0 amide bonds. The zero-order chi connectivity index (χ0) is 8.27. The zero-order valence-electron chi connectivity index (χ0n) is 5.40. The summed E-state index contributed by atoms with van der Waals surface area (Å²) >= 11 is 3.08. The van der Waals surface area contributed by atoms with Crippen LogP contribution >= 0.6 is 15.9 Å². The zero-order valence-corrected chi connectivity index (χ0v) is 6.98. The number of azide groups is 1. The van der Waals surface area contributed by atoms with E-state index in [2.05, 4.69) is 26.0 Å². The summed E-state index contributed by atoms with van der Waals surface area (Å²) in [7, 11) is 0. The smallest absolute Gasteiger partial charge is 0.129 e. The van der Waals surface area contributed by atoms with E-state index in [4.69, 9.17) is 10.6 Å². The Morgan fingerprint density at radius 1 is 1.55 bits per heavy atom. The Morgan fingerprint density at radius 3 is 2.82 bits per heavy atom. The van der Waals surface area contributed by atoms with Crippen molar-refractivity contribution in [3.05, 3.63) is 33.1 Å². The first-order chi connectivity index (χ1) is 5.24. The first kappa shape index (κ1) is 7.91.